The summed E-state index contributed by atoms with van der Waals surface area (Å²) in [6.07, 6.45) is 1.56. The summed E-state index contributed by atoms with van der Waals surface area (Å²) < 4.78 is 42.0. The van der Waals surface area contributed by atoms with Gasteiger partial charge in [-0.25, -0.2) is 12.8 Å². The average molecular weight is 258 g/mol. The monoisotopic (exact) mass is 258 g/mol. The third kappa shape index (κ3) is 3.26. The van der Waals surface area contributed by atoms with Gasteiger partial charge < -0.3 is 4.74 Å². The maximum atomic E-state index is 12.7. The molecule has 0 saturated carbocycles. The molecule has 0 unspecified atom stereocenters. The number of sulfone groups is 1. The highest BCUT2D eigenvalue weighted by Crippen LogP contribution is 2.21. The van der Waals surface area contributed by atoms with Crippen molar-refractivity contribution in [3.05, 3.63) is 30.1 Å². The van der Waals surface area contributed by atoms with Crippen LogP contribution in [0.1, 0.15) is 12.8 Å². The fraction of sp³-hybridized carbons (Fsp3) is 0.500. The third-order valence-electron chi connectivity index (χ3n) is 2.97. The van der Waals surface area contributed by atoms with Crippen molar-refractivity contribution in [2.24, 2.45) is 5.92 Å². The first-order valence-corrected chi connectivity index (χ1v) is 7.29. The zero-order chi connectivity index (χ0) is 12.3. The minimum atomic E-state index is -3.30. The molecule has 0 atom stereocenters. The predicted molar refractivity (Wildman–Crippen MR) is 62.0 cm³/mol. The Hall–Kier alpha value is -0.940. The molecule has 94 valence electrons. The first kappa shape index (κ1) is 12.5. The summed E-state index contributed by atoms with van der Waals surface area (Å²) in [7, 11) is -3.30. The average Bonchev–Trinajstić information content (AvgIpc) is 2.30. The van der Waals surface area contributed by atoms with Crippen molar-refractivity contribution in [3.8, 4) is 0 Å². The Bertz CT molecular complexity index is 461. The maximum absolute atomic E-state index is 12.7. The number of hydrogen-bond donors (Lipinski definition) is 0. The molecule has 3 nitrogen and oxygen atoms in total. The van der Waals surface area contributed by atoms with Crippen LogP contribution in [0.5, 0.6) is 0 Å². The van der Waals surface area contributed by atoms with E-state index in [4.69, 9.17) is 4.74 Å². The lowest BCUT2D eigenvalue weighted by atomic mass is 10.0. The molecular weight excluding hydrogens is 243 g/mol. The van der Waals surface area contributed by atoms with Gasteiger partial charge in [0.1, 0.15) is 5.82 Å². The van der Waals surface area contributed by atoms with Gasteiger partial charge in [0, 0.05) is 13.2 Å². The zero-order valence-electron chi connectivity index (χ0n) is 9.43. The molecule has 1 aromatic carbocycles. The SMILES string of the molecule is O=S(=O)(CC1CCOCC1)c1ccc(F)cc1. The van der Waals surface area contributed by atoms with Gasteiger partial charge in [-0.3, -0.25) is 0 Å². The van der Waals surface area contributed by atoms with E-state index in [1.807, 2.05) is 0 Å². The lowest BCUT2D eigenvalue weighted by Crippen LogP contribution is -2.23. The molecule has 1 aliphatic rings. The van der Waals surface area contributed by atoms with Crippen LogP contribution in [0.15, 0.2) is 29.2 Å². The quantitative estimate of drug-likeness (QED) is 0.779. The van der Waals surface area contributed by atoms with Crippen LogP contribution in [0.3, 0.4) is 0 Å². The minimum Gasteiger partial charge on any atom is -0.381 e. The molecule has 0 bridgehead atoms. The van der Waals surface area contributed by atoms with E-state index in [-0.39, 0.29) is 16.6 Å². The van der Waals surface area contributed by atoms with Crippen molar-refractivity contribution in [1.29, 1.82) is 0 Å². The van der Waals surface area contributed by atoms with Gasteiger partial charge in [-0.05, 0) is 43.0 Å². The molecule has 0 amide bonds. The van der Waals surface area contributed by atoms with Crippen molar-refractivity contribution in [2.75, 3.05) is 19.0 Å². The highest BCUT2D eigenvalue weighted by Gasteiger charge is 2.23. The summed E-state index contributed by atoms with van der Waals surface area (Å²) in [6, 6.07) is 5.00. The van der Waals surface area contributed by atoms with Crippen LogP contribution in [-0.4, -0.2) is 27.4 Å². The van der Waals surface area contributed by atoms with Crippen LogP contribution in [0.4, 0.5) is 4.39 Å². The van der Waals surface area contributed by atoms with E-state index in [0.717, 1.165) is 12.8 Å². The summed E-state index contributed by atoms with van der Waals surface area (Å²) in [4.78, 5) is 0.199. The Morgan fingerprint density at radius 2 is 1.76 bits per heavy atom. The highest BCUT2D eigenvalue weighted by molar-refractivity contribution is 7.91. The molecule has 1 fully saturated rings. The van der Waals surface area contributed by atoms with E-state index in [0.29, 0.717) is 13.2 Å². The molecule has 17 heavy (non-hydrogen) atoms. The van der Waals surface area contributed by atoms with Crippen molar-refractivity contribution in [2.45, 2.75) is 17.7 Å². The molecule has 1 aromatic rings. The van der Waals surface area contributed by atoms with E-state index in [1.54, 1.807) is 0 Å². The van der Waals surface area contributed by atoms with Gasteiger partial charge in [-0.2, -0.15) is 0 Å². The van der Waals surface area contributed by atoms with Crippen molar-refractivity contribution < 1.29 is 17.5 Å². The number of halogens is 1. The molecular formula is C12H15FO3S. The Morgan fingerprint density at radius 1 is 1.18 bits per heavy atom. The Kier molecular flexibility index (Phi) is 3.79. The summed E-state index contributed by atoms with van der Waals surface area (Å²) in [5.41, 5.74) is 0. The zero-order valence-corrected chi connectivity index (χ0v) is 10.2. The molecule has 0 radical (unpaired) electrons. The Morgan fingerprint density at radius 3 is 2.35 bits per heavy atom. The van der Waals surface area contributed by atoms with Crippen molar-refractivity contribution in [3.63, 3.8) is 0 Å². The summed E-state index contributed by atoms with van der Waals surface area (Å²) in [5, 5.41) is 0. The molecule has 0 aliphatic carbocycles. The smallest absolute Gasteiger partial charge is 0.178 e. The van der Waals surface area contributed by atoms with Gasteiger partial charge in [-0.15, -0.1) is 0 Å². The molecule has 1 aliphatic heterocycles. The van der Waals surface area contributed by atoms with E-state index >= 15 is 0 Å². The van der Waals surface area contributed by atoms with Crippen LogP contribution in [0.2, 0.25) is 0 Å². The molecule has 0 aromatic heterocycles. The number of hydrogen-bond acceptors (Lipinski definition) is 3. The summed E-state index contributed by atoms with van der Waals surface area (Å²) in [5.74, 6) is -0.143. The lowest BCUT2D eigenvalue weighted by molar-refractivity contribution is 0.0723. The molecule has 0 spiro atoms. The summed E-state index contributed by atoms with van der Waals surface area (Å²) >= 11 is 0. The second-order valence-corrected chi connectivity index (χ2v) is 6.33. The molecule has 1 saturated heterocycles. The highest BCUT2D eigenvalue weighted by atomic mass is 32.2. The van der Waals surface area contributed by atoms with E-state index in [9.17, 15) is 12.8 Å². The van der Waals surface area contributed by atoms with E-state index in [1.165, 1.54) is 24.3 Å². The van der Waals surface area contributed by atoms with E-state index < -0.39 is 15.7 Å². The largest absolute Gasteiger partial charge is 0.381 e. The van der Waals surface area contributed by atoms with Gasteiger partial charge in [0.15, 0.2) is 9.84 Å². The van der Waals surface area contributed by atoms with Crippen LogP contribution in [0.25, 0.3) is 0 Å². The molecule has 2 rings (SSSR count). The number of ether oxygens (including phenoxy) is 1. The number of benzene rings is 1. The normalized spacial score (nSPS) is 18.2. The first-order chi connectivity index (χ1) is 8.08. The third-order valence-corrected chi connectivity index (χ3v) is 4.87. The molecule has 5 heteroatoms. The standard InChI is InChI=1S/C12H15FO3S/c13-11-1-3-12(4-2-11)17(14,15)9-10-5-7-16-8-6-10/h1-4,10H,5-9H2. The van der Waals surface area contributed by atoms with Crippen molar-refractivity contribution in [1.82, 2.24) is 0 Å². The van der Waals surface area contributed by atoms with Gasteiger partial charge in [0.25, 0.3) is 0 Å². The van der Waals surface area contributed by atoms with Crippen molar-refractivity contribution >= 4 is 9.84 Å². The van der Waals surface area contributed by atoms with Crippen LogP contribution in [-0.2, 0) is 14.6 Å². The lowest BCUT2D eigenvalue weighted by Gasteiger charge is -2.21. The van der Waals surface area contributed by atoms with Gasteiger partial charge in [-0.1, -0.05) is 0 Å². The molecule has 1 heterocycles. The fourth-order valence-corrected chi connectivity index (χ4v) is 3.66. The Balaban J connectivity index is 2.10. The van der Waals surface area contributed by atoms with Crippen LogP contribution >= 0.6 is 0 Å². The summed E-state index contributed by atoms with van der Waals surface area (Å²) in [6.45, 7) is 1.26. The predicted octanol–water partition coefficient (Wildman–Crippen LogP) is 2.03. The van der Waals surface area contributed by atoms with E-state index in [2.05, 4.69) is 0 Å². The topological polar surface area (TPSA) is 43.4 Å². The maximum Gasteiger partial charge on any atom is 0.178 e. The first-order valence-electron chi connectivity index (χ1n) is 5.64. The molecule has 0 N–H and O–H groups in total. The second-order valence-electron chi connectivity index (χ2n) is 4.29. The van der Waals surface area contributed by atoms with Crippen LogP contribution < -0.4 is 0 Å². The Labute approximate surface area is 101 Å². The van der Waals surface area contributed by atoms with Gasteiger partial charge in [0.2, 0.25) is 0 Å². The van der Waals surface area contributed by atoms with Gasteiger partial charge >= 0.3 is 0 Å². The van der Waals surface area contributed by atoms with Gasteiger partial charge in [0.05, 0.1) is 10.6 Å². The second kappa shape index (κ2) is 5.14. The van der Waals surface area contributed by atoms with Crippen LogP contribution in [0, 0.1) is 11.7 Å². The fourth-order valence-electron chi connectivity index (χ4n) is 1.96. The number of rotatable bonds is 3. The minimum absolute atomic E-state index is 0.127.